The van der Waals surface area contributed by atoms with Crippen LogP contribution in [0, 0.1) is 5.82 Å². The first-order chi connectivity index (χ1) is 9.72. The fourth-order valence-corrected chi connectivity index (χ4v) is 3.65. The van der Waals surface area contributed by atoms with Crippen LogP contribution in [0.1, 0.15) is 32.1 Å². The summed E-state index contributed by atoms with van der Waals surface area (Å²) in [4.78, 5) is 2.62. The zero-order valence-electron chi connectivity index (χ0n) is 11.8. The van der Waals surface area contributed by atoms with Crippen LogP contribution in [0.5, 0.6) is 5.75 Å². The molecule has 4 heteroatoms. The van der Waals surface area contributed by atoms with Crippen molar-refractivity contribution in [3.05, 3.63) is 30.1 Å². The molecule has 2 heterocycles. The third-order valence-electron chi connectivity index (χ3n) is 4.56. The van der Waals surface area contributed by atoms with Crippen molar-refractivity contribution in [3.8, 4) is 5.75 Å². The molecule has 110 valence electrons. The van der Waals surface area contributed by atoms with E-state index in [0.29, 0.717) is 24.7 Å². The van der Waals surface area contributed by atoms with Gasteiger partial charge >= 0.3 is 0 Å². The van der Waals surface area contributed by atoms with Gasteiger partial charge in [0.2, 0.25) is 0 Å². The van der Waals surface area contributed by atoms with E-state index in [1.54, 1.807) is 12.1 Å². The molecule has 0 spiro atoms. The molecule has 0 aliphatic carbocycles. The van der Waals surface area contributed by atoms with E-state index >= 15 is 0 Å². The van der Waals surface area contributed by atoms with Crippen molar-refractivity contribution in [3.63, 3.8) is 0 Å². The summed E-state index contributed by atoms with van der Waals surface area (Å²) in [6.07, 6.45) is 5.92. The molecule has 0 saturated carbocycles. The van der Waals surface area contributed by atoms with E-state index in [0.717, 1.165) is 31.6 Å². The normalized spacial score (nSPS) is 29.6. The minimum atomic E-state index is -0.224. The predicted molar refractivity (Wildman–Crippen MR) is 77.2 cm³/mol. The van der Waals surface area contributed by atoms with E-state index in [4.69, 9.17) is 10.5 Å². The largest absolute Gasteiger partial charge is 0.494 e. The van der Waals surface area contributed by atoms with E-state index in [1.165, 1.54) is 25.0 Å². The highest BCUT2D eigenvalue weighted by molar-refractivity contribution is 5.21. The SMILES string of the molecule is NC1CC2CCC(C1)N2CCCOc1ccc(F)cc1. The summed E-state index contributed by atoms with van der Waals surface area (Å²) in [5, 5.41) is 0. The Morgan fingerprint density at radius 1 is 1.15 bits per heavy atom. The molecule has 2 atom stereocenters. The van der Waals surface area contributed by atoms with Crippen LogP contribution >= 0.6 is 0 Å². The Hall–Kier alpha value is -1.13. The first-order valence-electron chi connectivity index (χ1n) is 7.62. The van der Waals surface area contributed by atoms with Crippen LogP contribution in [0.2, 0.25) is 0 Å². The molecule has 2 aliphatic heterocycles. The van der Waals surface area contributed by atoms with Crippen LogP contribution in [0.3, 0.4) is 0 Å². The van der Waals surface area contributed by atoms with Crippen molar-refractivity contribution in [2.75, 3.05) is 13.2 Å². The number of benzene rings is 1. The lowest BCUT2D eigenvalue weighted by atomic mass is 9.98. The molecular weight excluding hydrogens is 255 g/mol. The smallest absolute Gasteiger partial charge is 0.123 e. The lowest BCUT2D eigenvalue weighted by molar-refractivity contribution is 0.119. The Bertz CT molecular complexity index is 423. The number of rotatable bonds is 5. The molecule has 3 rings (SSSR count). The van der Waals surface area contributed by atoms with Gasteiger partial charge in [0.25, 0.3) is 0 Å². The second-order valence-corrected chi connectivity index (χ2v) is 6.01. The Morgan fingerprint density at radius 2 is 1.80 bits per heavy atom. The Labute approximate surface area is 119 Å². The first kappa shape index (κ1) is 13.8. The number of nitrogens with zero attached hydrogens (tertiary/aromatic N) is 1. The summed E-state index contributed by atoms with van der Waals surface area (Å²) >= 11 is 0. The fraction of sp³-hybridized carbons (Fsp3) is 0.625. The van der Waals surface area contributed by atoms with Gasteiger partial charge in [-0.25, -0.2) is 4.39 Å². The van der Waals surface area contributed by atoms with Crippen molar-refractivity contribution in [2.24, 2.45) is 5.73 Å². The van der Waals surface area contributed by atoms with E-state index in [2.05, 4.69) is 4.90 Å². The Morgan fingerprint density at radius 3 is 2.45 bits per heavy atom. The summed E-state index contributed by atoms with van der Waals surface area (Å²) in [7, 11) is 0. The van der Waals surface area contributed by atoms with Crippen LogP contribution in [0.25, 0.3) is 0 Å². The molecule has 0 aromatic heterocycles. The summed E-state index contributed by atoms with van der Waals surface area (Å²) < 4.78 is 18.4. The number of halogens is 1. The Kier molecular flexibility index (Phi) is 4.22. The molecule has 20 heavy (non-hydrogen) atoms. The molecule has 2 fully saturated rings. The van der Waals surface area contributed by atoms with Crippen LogP contribution in [0.4, 0.5) is 4.39 Å². The predicted octanol–water partition coefficient (Wildman–Crippen LogP) is 2.55. The summed E-state index contributed by atoms with van der Waals surface area (Å²) in [6, 6.07) is 8.00. The van der Waals surface area contributed by atoms with E-state index < -0.39 is 0 Å². The van der Waals surface area contributed by atoms with Gasteiger partial charge in [0.1, 0.15) is 11.6 Å². The lowest BCUT2D eigenvalue weighted by Crippen LogP contribution is -2.47. The van der Waals surface area contributed by atoms with E-state index in [9.17, 15) is 4.39 Å². The van der Waals surface area contributed by atoms with Gasteiger partial charge < -0.3 is 10.5 Å². The van der Waals surface area contributed by atoms with Crippen LogP contribution in [-0.4, -0.2) is 36.2 Å². The highest BCUT2D eigenvalue weighted by Gasteiger charge is 2.38. The second-order valence-electron chi connectivity index (χ2n) is 6.01. The third kappa shape index (κ3) is 3.13. The number of nitrogens with two attached hydrogens (primary N) is 1. The molecule has 0 amide bonds. The van der Waals surface area contributed by atoms with E-state index in [-0.39, 0.29) is 5.82 Å². The maximum absolute atomic E-state index is 12.8. The summed E-state index contributed by atoms with van der Waals surface area (Å²) in [6.45, 7) is 1.77. The van der Waals surface area contributed by atoms with Gasteiger partial charge in [-0.3, -0.25) is 4.90 Å². The van der Waals surface area contributed by atoms with Gasteiger partial charge in [-0.15, -0.1) is 0 Å². The van der Waals surface area contributed by atoms with Crippen molar-refractivity contribution < 1.29 is 9.13 Å². The first-order valence-corrected chi connectivity index (χ1v) is 7.62. The molecule has 2 aliphatic rings. The fourth-order valence-electron chi connectivity index (χ4n) is 3.65. The highest BCUT2D eigenvalue weighted by Crippen LogP contribution is 2.34. The minimum absolute atomic E-state index is 0.224. The van der Waals surface area contributed by atoms with Crippen molar-refractivity contribution in [1.29, 1.82) is 0 Å². The molecule has 2 unspecified atom stereocenters. The Balaban J connectivity index is 1.41. The quantitative estimate of drug-likeness (QED) is 0.841. The van der Waals surface area contributed by atoms with Crippen molar-refractivity contribution in [1.82, 2.24) is 4.90 Å². The minimum Gasteiger partial charge on any atom is -0.494 e. The molecular formula is C16H23FN2O. The zero-order valence-corrected chi connectivity index (χ0v) is 11.8. The summed E-state index contributed by atoms with van der Waals surface area (Å²) in [5.74, 6) is 0.522. The molecule has 2 bridgehead atoms. The number of hydrogen-bond donors (Lipinski definition) is 1. The topological polar surface area (TPSA) is 38.5 Å². The van der Waals surface area contributed by atoms with Gasteiger partial charge in [0.05, 0.1) is 6.61 Å². The number of hydrogen-bond acceptors (Lipinski definition) is 3. The molecule has 3 nitrogen and oxygen atoms in total. The van der Waals surface area contributed by atoms with Crippen LogP contribution < -0.4 is 10.5 Å². The summed E-state index contributed by atoms with van der Waals surface area (Å²) in [5.41, 5.74) is 6.08. The van der Waals surface area contributed by atoms with Crippen molar-refractivity contribution in [2.45, 2.75) is 50.2 Å². The maximum atomic E-state index is 12.8. The van der Waals surface area contributed by atoms with Gasteiger partial charge in [-0.1, -0.05) is 0 Å². The standard InChI is InChI=1S/C16H23FN2O/c17-12-2-6-16(7-3-12)20-9-1-8-19-14-4-5-15(19)11-13(18)10-14/h2-3,6-7,13-15H,1,4-5,8-11,18H2. The average Bonchev–Trinajstić information content (AvgIpc) is 2.67. The number of piperidine rings is 1. The lowest BCUT2D eigenvalue weighted by Gasteiger charge is -2.37. The second kappa shape index (κ2) is 6.10. The van der Waals surface area contributed by atoms with Gasteiger partial charge in [-0.2, -0.15) is 0 Å². The number of fused-ring (bicyclic) bond motifs is 2. The maximum Gasteiger partial charge on any atom is 0.123 e. The average molecular weight is 278 g/mol. The van der Waals surface area contributed by atoms with Crippen LogP contribution in [0.15, 0.2) is 24.3 Å². The highest BCUT2D eigenvalue weighted by atomic mass is 19.1. The molecule has 0 radical (unpaired) electrons. The van der Waals surface area contributed by atoms with E-state index in [1.807, 2.05) is 0 Å². The molecule has 1 aromatic rings. The zero-order chi connectivity index (χ0) is 13.9. The number of ether oxygens (including phenoxy) is 1. The van der Waals surface area contributed by atoms with Crippen LogP contribution in [-0.2, 0) is 0 Å². The molecule has 2 saturated heterocycles. The molecule has 1 aromatic carbocycles. The van der Waals surface area contributed by atoms with Gasteiger partial charge in [0, 0.05) is 24.7 Å². The van der Waals surface area contributed by atoms with Gasteiger partial charge in [0.15, 0.2) is 0 Å². The monoisotopic (exact) mass is 278 g/mol. The van der Waals surface area contributed by atoms with Crippen molar-refractivity contribution >= 4 is 0 Å². The van der Waals surface area contributed by atoms with Gasteiger partial charge in [-0.05, 0) is 56.4 Å². The molecule has 2 N–H and O–H groups in total. The third-order valence-corrected chi connectivity index (χ3v) is 4.56.